The molecule has 1 atom stereocenters. The van der Waals surface area contributed by atoms with Crippen LogP contribution in [-0.4, -0.2) is 37.4 Å². The van der Waals surface area contributed by atoms with E-state index in [1.165, 1.54) is 7.11 Å². The molecule has 148 valence electrons. The van der Waals surface area contributed by atoms with E-state index in [0.29, 0.717) is 12.0 Å². The summed E-state index contributed by atoms with van der Waals surface area (Å²) in [5.41, 5.74) is 1.52. The predicted molar refractivity (Wildman–Crippen MR) is 105 cm³/mol. The van der Waals surface area contributed by atoms with Gasteiger partial charge in [-0.3, -0.25) is 14.4 Å². The lowest BCUT2D eigenvalue weighted by atomic mass is 10.0. The van der Waals surface area contributed by atoms with Crippen LogP contribution in [-0.2, 0) is 25.7 Å². The normalized spacial score (nSPS) is 11.5. The van der Waals surface area contributed by atoms with Crippen molar-refractivity contribution in [1.82, 2.24) is 5.32 Å². The van der Waals surface area contributed by atoms with Crippen LogP contribution in [0.2, 0.25) is 0 Å². The van der Waals surface area contributed by atoms with Crippen LogP contribution in [0, 0.1) is 0 Å². The Hall–Kier alpha value is -2.99. The molecule has 0 saturated heterocycles. The number of rotatable bonds is 11. The first-order valence-corrected chi connectivity index (χ1v) is 9.19. The Balaban J connectivity index is 1.74. The van der Waals surface area contributed by atoms with E-state index in [9.17, 15) is 14.4 Å². The second-order valence-electron chi connectivity index (χ2n) is 6.25. The highest BCUT2D eigenvalue weighted by Crippen LogP contribution is 2.08. The summed E-state index contributed by atoms with van der Waals surface area (Å²) < 4.78 is 9.99. The molecule has 1 unspecified atom stereocenters. The molecule has 0 aliphatic heterocycles. The van der Waals surface area contributed by atoms with Gasteiger partial charge in [-0.2, -0.15) is 0 Å². The molecule has 2 aromatic rings. The molecule has 2 rings (SSSR count). The van der Waals surface area contributed by atoms with Crippen LogP contribution in [0.5, 0.6) is 0 Å². The highest BCUT2D eigenvalue weighted by atomic mass is 16.5. The van der Waals surface area contributed by atoms with Gasteiger partial charge in [0.05, 0.1) is 13.5 Å². The van der Waals surface area contributed by atoms with Gasteiger partial charge in [0, 0.05) is 18.5 Å². The second-order valence-corrected chi connectivity index (χ2v) is 6.25. The molecule has 6 heteroatoms. The third kappa shape index (κ3) is 7.32. The van der Waals surface area contributed by atoms with E-state index in [1.54, 1.807) is 24.3 Å². The van der Waals surface area contributed by atoms with E-state index in [1.807, 2.05) is 36.4 Å². The first kappa shape index (κ1) is 21.3. The highest BCUT2D eigenvalue weighted by molar-refractivity contribution is 5.96. The van der Waals surface area contributed by atoms with Gasteiger partial charge in [0.1, 0.15) is 12.6 Å². The van der Waals surface area contributed by atoms with Gasteiger partial charge >= 0.3 is 11.9 Å². The Kier molecular flexibility index (Phi) is 8.88. The average molecular weight is 383 g/mol. The van der Waals surface area contributed by atoms with Crippen LogP contribution in [0.4, 0.5) is 0 Å². The van der Waals surface area contributed by atoms with Crippen molar-refractivity contribution < 1.29 is 23.9 Å². The van der Waals surface area contributed by atoms with Crippen molar-refractivity contribution in [2.75, 3.05) is 13.7 Å². The summed E-state index contributed by atoms with van der Waals surface area (Å²) in [6.07, 6.45) is 0.613. The lowest BCUT2D eigenvalue weighted by Gasteiger charge is -2.16. The van der Waals surface area contributed by atoms with Crippen molar-refractivity contribution >= 4 is 17.7 Å². The predicted octanol–water partition coefficient (Wildman–Crippen LogP) is 2.91. The summed E-state index contributed by atoms with van der Waals surface area (Å²) in [6, 6.07) is 17.7. The topological polar surface area (TPSA) is 81.7 Å². The zero-order valence-electron chi connectivity index (χ0n) is 15.9. The maximum Gasteiger partial charge on any atom is 0.322 e. The molecule has 0 aliphatic rings. The standard InChI is InChI=1S/C22H25NO5/c1-27-22(26)19(12-13-20(24)18-10-6-3-7-11-18)23-15-14-21(25)28-16-17-8-4-2-5-9-17/h2-11,19,23H,12-16H2,1H3. The monoisotopic (exact) mass is 383 g/mol. The molecule has 0 fully saturated rings. The fourth-order valence-electron chi connectivity index (χ4n) is 2.65. The molecule has 2 aromatic carbocycles. The van der Waals surface area contributed by atoms with Gasteiger partial charge in [-0.1, -0.05) is 60.7 Å². The molecule has 28 heavy (non-hydrogen) atoms. The summed E-state index contributed by atoms with van der Waals surface area (Å²) in [5.74, 6) is -0.864. The minimum absolute atomic E-state index is 0.0430. The minimum Gasteiger partial charge on any atom is -0.468 e. The Morgan fingerprint density at radius 1 is 0.929 bits per heavy atom. The number of methoxy groups -OCH3 is 1. The molecular formula is C22H25NO5. The fraction of sp³-hybridized carbons (Fsp3) is 0.318. The number of benzene rings is 2. The number of ketones is 1. The zero-order chi connectivity index (χ0) is 20.2. The molecule has 6 nitrogen and oxygen atoms in total. The Morgan fingerprint density at radius 2 is 1.57 bits per heavy atom. The van der Waals surface area contributed by atoms with E-state index in [4.69, 9.17) is 9.47 Å². The van der Waals surface area contributed by atoms with Crippen molar-refractivity contribution in [3.05, 3.63) is 71.8 Å². The maximum absolute atomic E-state index is 12.2. The zero-order valence-corrected chi connectivity index (χ0v) is 15.9. The number of esters is 2. The summed E-state index contributed by atoms with van der Waals surface area (Å²) in [6.45, 7) is 0.471. The SMILES string of the molecule is COC(=O)C(CCC(=O)c1ccccc1)NCCC(=O)OCc1ccccc1. The Bertz CT molecular complexity index is 761. The third-order valence-electron chi connectivity index (χ3n) is 4.20. The molecule has 0 bridgehead atoms. The number of Topliss-reactive ketones (excluding diaryl/α,β-unsaturated/α-hetero) is 1. The molecule has 1 N–H and O–H groups in total. The number of carbonyl (C=O) groups excluding carboxylic acids is 3. The molecule has 0 aliphatic carbocycles. The van der Waals surface area contributed by atoms with Crippen molar-refractivity contribution in [2.24, 2.45) is 0 Å². The molecule has 0 heterocycles. The summed E-state index contributed by atoms with van der Waals surface area (Å²) >= 11 is 0. The lowest BCUT2D eigenvalue weighted by molar-refractivity contribution is -0.146. The quantitative estimate of drug-likeness (QED) is 0.475. The van der Waals surface area contributed by atoms with Gasteiger partial charge in [-0.25, -0.2) is 0 Å². The Morgan fingerprint density at radius 3 is 2.21 bits per heavy atom. The number of carbonyl (C=O) groups is 3. The summed E-state index contributed by atoms with van der Waals surface area (Å²) in [4.78, 5) is 36.0. The third-order valence-corrected chi connectivity index (χ3v) is 4.20. The van der Waals surface area contributed by atoms with Gasteiger partial charge in [0.2, 0.25) is 0 Å². The number of ether oxygens (including phenoxy) is 2. The van der Waals surface area contributed by atoms with Crippen LogP contribution in [0.3, 0.4) is 0 Å². The van der Waals surface area contributed by atoms with Gasteiger partial charge in [0.15, 0.2) is 5.78 Å². The number of hydrogen-bond acceptors (Lipinski definition) is 6. The van der Waals surface area contributed by atoms with Crippen LogP contribution >= 0.6 is 0 Å². The molecule has 0 radical (unpaired) electrons. The summed E-state index contributed by atoms with van der Waals surface area (Å²) in [5, 5.41) is 2.98. The maximum atomic E-state index is 12.2. The van der Waals surface area contributed by atoms with E-state index < -0.39 is 12.0 Å². The van der Waals surface area contributed by atoms with E-state index in [0.717, 1.165) is 5.56 Å². The minimum atomic E-state index is -0.653. The number of hydrogen-bond donors (Lipinski definition) is 1. The second kappa shape index (κ2) is 11.7. The first-order chi connectivity index (χ1) is 13.6. The van der Waals surface area contributed by atoms with Crippen molar-refractivity contribution in [3.8, 4) is 0 Å². The molecule has 0 aromatic heterocycles. The van der Waals surface area contributed by atoms with Crippen molar-refractivity contribution in [2.45, 2.75) is 31.9 Å². The van der Waals surface area contributed by atoms with Crippen molar-refractivity contribution in [3.63, 3.8) is 0 Å². The largest absolute Gasteiger partial charge is 0.468 e. The first-order valence-electron chi connectivity index (χ1n) is 9.19. The lowest BCUT2D eigenvalue weighted by Crippen LogP contribution is -2.39. The van der Waals surface area contributed by atoms with Gasteiger partial charge in [-0.15, -0.1) is 0 Å². The average Bonchev–Trinajstić information content (AvgIpc) is 2.75. The molecule has 0 amide bonds. The Labute approximate surface area is 164 Å². The van der Waals surface area contributed by atoms with E-state index in [2.05, 4.69) is 5.32 Å². The van der Waals surface area contributed by atoms with Gasteiger partial charge in [-0.05, 0) is 12.0 Å². The fourth-order valence-corrected chi connectivity index (χ4v) is 2.65. The van der Waals surface area contributed by atoms with Crippen LogP contribution in [0.1, 0.15) is 35.2 Å². The highest BCUT2D eigenvalue weighted by Gasteiger charge is 2.20. The van der Waals surface area contributed by atoms with Gasteiger partial charge in [0.25, 0.3) is 0 Å². The van der Waals surface area contributed by atoms with Crippen LogP contribution < -0.4 is 5.32 Å². The van der Waals surface area contributed by atoms with Crippen molar-refractivity contribution in [1.29, 1.82) is 0 Å². The van der Waals surface area contributed by atoms with E-state index in [-0.39, 0.29) is 37.7 Å². The van der Waals surface area contributed by atoms with Crippen LogP contribution in [0.25, 0.3) is 0 Å². The number of nitrogens with one attached hydrogen (secondary N) is 1. The van der Waals surface area contributed by atoms with E-state index >= 15 is 0 Å². The molecule has 0 saturated carbocycles. The van der Waals surface area contributed by atoms with Crippen LogP contribution in [0.15, 0.2) is 60.7 Å². The van der Waals surface area contributed by atoms with Gasteiger partial charge < -0.3 is 14.8 Å². The molecular weight excluding hydrogens is 358 g/mol. The summed E-state index contributed by atoms with van der Waals surface area (Å²) in [7, 11) is 1.30. The molecule has 0 spiro atoms. The smallest absolute Gasteiger partial charge is 0.322 e.